The fourth-order valence-electron chi connectivity index (χ4n) is 4.28. The molecule has 174 valence electrons. The zero-order valence-corrected chi connectivity index (χ0v) is 19.6. The van der Waals surface area contributed by atoms with Gasteiger partial charge in [-0.15, -0.1) is 0 Å². The number of nitrogens with zero attached hydrogens (tertiary/aromatic N) is 1. The Morgan fingerprint density at radius 3 is 2.00 bits per heavy atom. The number of H-pyrrole nitrogens is 1. The van der Waals surface area contributed by atoms with Crippen molar-refractivity contribution < 1.29 is 28.7 Å². The summed E-state index contributed by atoms with van der Waals surface area (Å²) in [5.41, 5.74) is 2.15. The normalized spacial score (nSPS) is 14.9. The van der Waals surface area contributed by atoms with Gasteiger partial charge in [-0.2, -0.15) is 0 Å². The summed E-state index contributed by atoms with van der Waals surface area (Å²) in [4.78, 5) is 67.7. The van der Waals surface area contributed by atoms with Crippen LogP contribution < -0.4 is 0 Å². The lowest BCUT2D eigenvalue weighted by atomic mass is 10.0. The molecule has 2 amide bonds. The van der Waals surface area contributed by atoms with Gasteiger partial charge in [0, 0.05) is 11.3 Å². The molecule has 0 unspecified atom stereocenters. The quantitative estimate of drug-likeness (QED) is 0.371. The van der Waals surface area contributed by atoms with Gasteiger partial charge in [-0.3, -0.25) is 24.1 Å². The van der Waals surface area contributed by atoms with Gasteiger partial charge in [-0.05, 0) is 57.7 Å². The van der Waals surface area contributed by atoms with E-state index >= 15 is 0 Å². The topological polar surface area (TPSA) is 114 Å². The first-order valence-corrected chi connectivity index (χ1v) is 10.9. The Morgan fingerprint density at radius 2 is 1.55 bits per heavy atom. The summed E-state index contributed by atoms with van der Waals surface area (Å²) < 4.78 is 5.46. The summed E-state index contributed by atoms with van der Waals surface area (Å²) in [6, 6.07) is 5.23. The summed E-state index contributed by atoms with van der Waals surface area (Å²) in [6.07, 6.45) is -0.987. The average molecular weight is 453 g/mol. The predicted octanol–water partition coefficient (Wildman–Crippen LogP) is 3.66. The van der Waals surface area contributed by atoms with E-state index in [1.54, 1.807) is 38.1 Å². The lowest BCUT2D eigenvalue weighted by Crippen LogP contribution is -2.47. The predicted molar refractivity (Wildman–Crippen MR) is 120 cm³/mol. The Labute approximate surface area is 192 Å². The molecule has 33 heavy (non-hydrogen) atoms. The summed E-state index contributed by atoms with van der Waals surface area (Å²) in [7, 11) is 0. The lowest BCUT2D eigenvalue weighted by molar-refractivity contribution is -0.151. The number of carbonyl (C=O) groups is 5. The highest BCUT2D eigenvalue weighted by Gasteiger charge is 2.44. The number of nitrogens with one attached hydrogen (secondary N) is 1. The summed E-state index contributed by atoms with van der Waals surface area (Å²) in [5, 5.41) is 0. The van der Waals surface area contributed by atoms with Gasteiger partial charge < -0.3 is 9.72 Å². The van der Waals surface area contributed by atoms with Crippen LogP contribution >= 0.6 is 0 Å². The monoisotopic (exact) mass is 452 g/mol. The van der Waals surface area contributed by atoms with E-state index in [1.165, 1.54) is 13.8 Å². The molecule has 1 aliphatic rings. The molecule has 2 atom stereocenters. The molecule has 2 aromatic rings. The van der Waals surface area contributed by atoms with Crippen LogP contribution in [0.3, 0.4) is 0 Å². The van der Waals surface area contributed by atoms with Gasteiger partial charge in [0.1, 0.15) is 6.04 Å². The number of fused-ring (bicyclic) bond motifs is 1. The second-order valence-electron chi connectivity index (χ2n) is 8.80. The van der Waals surface area contributed by atoms with Crippen LogP contribution in [0.5, 0.6) is 0 Å². The Hall–Kier alpha value is -3.55. The van der Waals surface area contributed by atoms with Gasteiger partial charge in [-0.1, -0.05) is 26.0 Å². The minimum absolute atomic E-state index is 0.0238. The molecule has 0 bridgehead atoms. The van der Waals surface area contributed by atoms with Crippen molar-refractivity contribution in [2.45, 2.75) is 60.1 Å². The van der Waals surface area contributed by atoms with Crippen LogP contribution in [0.1, 0.15) is 86.9 Å². The van der Waals surface area contributed by atoms with Gasteiger partial charge in [0.2, 0.25) is 5.78 Å². The molecule has 0 radical (unpaired) electrons. The molecular weight excluding hydrogens is 424 g/mol. The lowest BCUT2D eigenvalue weighted by Gasteiger charge is -2.27. The number of esters is 1. The third-order valence-electron chi connectivity index (χ3n) is 5.80. The molecule has 1 N–H and O–H groups in total. The van der Waals surface area contributed by atoms with Crippen molar-refractivity contribution >= 4 is 29.4 Å². The number of amides is 2. The van der Waals surface area contributed by atoms with E-state index in [0.717, 1.165) is 4.90 Å². The molecule has 3 rings (SSSR count). The number of hydrogen-bond donors (Lipinski definition) is 1. The summed E-state index contributed by atoms with van der Waals surface area (Å²) in [6.45, 7) is 9.92. The molecule has 1 aromatic heterocycles. The molecule has 1 aromatic carbocycles. The van der Waals surface area contributed by atoms with Crippen molar-refractivity contribution in [3.63, 3.8) is 0 Å². The standard InChI is InChI=1S/C25H28N2O6/c1-12(2)11-19(27-23(30)17-9-7-8-10-18(17)24(27)31)25(32)33-16(6)22(29)21-13(3)20(15(5)28)14(4)26-21/h7-10,12,16,19,26H,11H2,1-6H3/t16-,19+/m0/s1. The zero-order chi connectivity index (χ0) is 24.6. The van der Waals surface area contributed by atoms with Crippen LogP contribution in [0.2, 0.25) is 0 Å². The third-order valence-corrected chi connectivity index (χ3v) is 5.80. The first-order chi connectivity index (χ1) is 15.5. The van der Waals surface area contributed by atoms with Crippen LogP contribution in [0, 0.1) is 19.8 Å². The zero-order valence-electron chi connectivity index (χ0n) is 19.6. The number of aromatic nitrogens is 1. The molecular formula is C25H28N2O6. The molecule has 0 aliphatic carbocycles. The molecule has 2 heterocycles. The number of aromatic amines is 1. The van der Waals surface area contributed by atoms with E-state index in [-0.39, 0.29) is 34.9 Å². The molecule has 1 aliphatic heterocycles. The number of carbonyl (C=O) groups excluding carboxylic acids is 5. The smallest absolute Gasteiger partial charge is 0.330 e. The van der Waals surface area contributed by atoms with Gasteiger partial charge >= 0.3 is 5.97 Å². The highest BCUT2D eigenvalue weighted by atomic mass is 16.5. The molecule has 8 heteroatoms. The van der Waals surface area contributed by atoms with E-state index in [0.29, 0.717) is 16.8 Å². The number of hydrogen-bond acceptors (Lipinski definition) is 6. The Bertz CT molecular complexity index is 1120. The third kappa shape index (κ3) is 4.37. The number of Topliss-reactive ketones (excluding diaryl/α,β-unsaturated/α-hetero) is 2. The number of imide groups is 1. The molecule has 0 fully saturated rings. The highest BCUT2D eigenvalue weighted by molar-refractivity contribution is 6.22. The van der Waals surface area contributed by atoms with E-state index in [9.17, 15) is 24.0 Å². The van der Waals surface area contributed by atoms with Crippen molar-refractivity contribution in [3.8, 4) is 0 Å². The molecule has 8 nitrogen and oxygen atoms in total. The Morgan fingerprint density at radius 1 is 1.00 bits per heavy atom. The number of ketones is 2. The average Bonchev–Trinajstić information content (AvgIpc) is 3.18. The van der Waals surface area contributed by atoms with Crippen LogP contribution in [0.15, 0.2) is 24.3 Å². The molecule has 0 saturated carbocycles. The van der Waals surface area contributed by atoms with Crippen molar-refractivity contribution in [2.75, 3.05) is 0 Å². The molecule has 0 saturated heterocycles. The second-order valence-corrected chi connectivity index (χ2v) is 8.80. The van der Waals surface area contributed by atoms with Crippen LogP contribution in [-0.4, -0.2) is 51.4 Å². The SMILES string of the molecule is CC(=O)c1c(C)[nH]c(C(=O)[C@H](C)OC(=O)[C@@H](CC(C)C)N2C(=O)c3ccccc3C2=O)c1C. The maximum atomic E-state index is 13.1. The van der Waals surface area contributed by atoms with Crippen molar-refractivity contribution in [3.05, 3.63) is 57.9 Å². The number of aryl methyl sites for hydroxylation is 1. The minimum Gasteiger partial charge on any atom is -0.453 e. The van der Waals surface area contributed by atoms with Gasteiger partial charge in [0.25, 0.3) is 11.8 Å². The molecule has 0 spiro atoms. The van der Waals surface area contributed by atoms with Gasteiger partial charge in [0.15, 0.2) is 11.9 Å². The number of ether oxygens (including phenoxy) is 1. The van der Waals surface area contributed by atoms with Crippen molar-refractivity contribution in [1.82, 2.24) is 9.88 Å². The Balaban J connectivity index is 1.85. The van der Waals surface area contributed by atoms with E-state index < -0.39 is 35.7 Å². The van der Waals surface area contributed by atoms with Gasteiger partial charge in [-0.25, -0.2) is 4.79 Å². The summed E-state index contributed by atoms with van der Waals surface area (Å²) in [5.74, 6) is -2.64. The maximum Gasteiger partial charge on any atom is 0.330 e. The Kier molecular flexibility index (Phi) is 6.67. The van der Waals surface area contributed by atoms with E-state index in [1.807, 2.05) is 13.8 Å². The van der Waals surface area contributed by atoms with Gasteiger partial charge in [0.05, 0.1) is 16.8 Å². The van der Waals surface area contributed by atoms with Crippen LogP contribution in [0.4, 0.5) is 0 Å². The van der Waals surface area contributed by atoms with Crippen molar-refractivity contribution in [2.24, 2.45) is 5.92 Å². The first-order valence-electron chi connectivity index (χ1n) is 10.9. The van der Waals surface area contributed by atoms with E-state index in [2.05, 4.69) is 4.98 Å². The van der Waals surface area contributed by atoms with Crippen molar-refractivity contribution in [1.29, 1.82) is 0 Å². The van der Waals surface area contributed by atoms with Crippen LogP contribution in [0.25, 0.3) is 0 Å². The second kappa shape index (κ2) is 9.13. The van der Waals surface area contributed by atoms with Crippen LogP contribution in [-0.2, 0) is 9.53 Å². The highest BCUT2D eigenvalue weighted by Crippen LogP contribution is 2.28. The fourth-order valence-corrected chi connectivity index (χ4v) is 4.28. The fraction of sp³-hybridized carbons (Fsp3) is 0.400. The van der Waals surface area contributed by atoms with E-state index in [4.69, 9.17) is 4.74 Å². The maximum absolute atomic E-state index is 13.1. The largest absolute Gasteiger partial charge is 0.453 e. The number of rotatable bonds is 8. The number of benzene rings is 1. The summed E-state index contributed by atoms with van der Waals surface area (Å²) >= 11 is 0. The minimum atomic E-state index is -1.18. The first kappa shape index (κ1) is 24.1.